The SMILES string of the molecule is C/C=C\c1cccc2c1CC1=C(C(F)=CCC1C(C)(C=CCC)C(C)C)C2(C)C. The van der Waals surface area contributed by atoms with Gasteiger partial charge in [0.05, 0.1) is 0 Å². The molecule has 0 aromatic heterocycles. The standard InChI is InChI=1S/C28H37F/c1-8-10-17-28(7,19(3)4)24-15-16-25(29)26-22(24)18-21-20(12-9-2)13-11-14-23(21)27(26,5)6/h9-14,16-17,19,24H,8,15,18H2,1-7H3/b12-9-,17-10?. The Morgan fingerprint density at radius 1 is 1.28 bits per heavy atom. The first-order chi connectivity index (χ1) is 13.7. The van der Waals surface area contributed by atoms with Crippen molar-refractivity contribution in [3.05, 3.63) is 76.2 Å². The van der Waals surface area contributed by atoms with Crippen LogP contribution in [0.1, 0.15) is 78.0 Å². The van der Waals surface area contributed by atoms with E-state index in [1.807, 2.05) is 6.08 Å². The van der Waals surface area contributed by atoms with E-state index >= 15 is 4.39 Å². The van der Waals surface area contributed by atoms with Gasteiger partial charge in [-0.25, -0.2) is 4.39 Å². The molecule has 0 fully saturated rings. The largest absolute Gasteiger partial charge is 0.207 e. The molecule has 156 valence electrons. The molecule has 0 saturated carbocycles. The molecule has 0 spiro atoms. The zero-order chi connectivity index (χ0) is 21.4. The molecule has 1 heteroatoms. The predicted molar refractivity (Wildman–Crippen MR) is 125 cm³/mol. The van der Waals surface area contributed by atoms with Crippen LogP contribution >= 0.6 is 0 Å². The quantitative estimate of drug-likeness (QED) is 0.442. The van der Waals surface area contributed by atoms with Gasteiger partial charge in [0.25, 0.3) is 0 Å². The number of hydrogen-bond donors (Lipinski definition) is 0. The minimum Gasteiger partial charge on any atom is -0.207 e. The molecule has 0 bridgehead atoms. The van der Waals surface area contributed by atoms with Crippen LogP contribution in [0.3, 0.4) is 0 Å². The zero-order valence-electron chi connectivity index (χ0n) is 19.3. The number of benzene rings is 1. The topological polar surface area (TPSA) is 0 Å². The first-order valence-electron chi connectivity index (χ1n) is 11.2. The van der Waals surface area contributed by atoms with Gasteiger partial charge >= 0.3 is 0 Å². The van der Waals surface area contributed by atoms with Crippen molar-refractivity contribution in [1.82, 2.24) is 0 Å². The maximum absolute atomic E-state index is 15.3. The summed E-state index contributed by atoms with van der Waals surface area (Å²) in [6, 6.07) is 6.51. The summed E-state index contributed by atoms with van der Waals surface area (Å²) < 4.78 is 15.3. The Balaban J connectivity index is 2.23. The Bertz CT molecular complexity index is 891. The van der Waals surface area contributed by atoms with Crippen molar-refractivity contribution < 1.29 is 4.39 Å². The van der Waals surface area contributed by atoms with Gasteiger partial charge in [-0.3, -0.25) is 0 Å². The molecule has 29 heavy (non-hydrogen) atoms. The molecule has 0 saturated heterocycles. The second-order valence-electron chi connectivity index (χ2n) is 9.75. The maximum Gasteiger partial charge on any atom is 0.123 e. The van der Waals surface area contributed by atoms with Gasteiger partial charge in [0, 0.05) is 5.41 Å². The Hall–Kier alpha value is -1.89. The Labute approximate surface area is 177 Å². The van der Waals surface area contributed by atoms with E-state index in [2.05, 4.69) is 91.0 Å². The van der Waals surface area contributed by atoms with Crippen molar-refractivity contribution in [2.45, 2.75) is 73.1 Å². The van der Waals surface area contributed by atoms with Crippen molar-refractivity contribution in [2.24, 2.45) is 17.3 Å². The van der Waals surface area contributed by atoms with E-state index in [9.17, 15) is 0 Å². The van der Waals surface area contributed by atoms with E-state index in [-0.39, 0.29) is 16.7 Å². The number of fused-ring (bicyclic) bond motifs is 1. The Kier molecular flexibility index (Phi) is 6.08. The zero-order valence-corrected chi connectivity index (χ0v) is 19.3. The highest BCUT2D eigenvalue weighted by atomic mass is 19.1. The molecule has 0 radical (unpaired) electrons. The van der Waals surface area contributed by atoms with Gasteiger partial charge in [0.2, 0.25) is 0 Å². The maximum atomic E-state index is 15.3. The van der Waals surface area contributed by atoms with Gasteiger partial charge in [-0.15, -0.1) is 0 Å². The summed E-state index contributed by atoms with van der Waals surface area (Å²) in [5, 5.41) is 0. The molecule has 1 aromatic rings. The lowest BCUT2D eigenvalue weighted by atomic mass is 9.57. The molecule has 2 unspecified atom stereocenters. The van der Waals surface area contributed by atoms with E-state index in [1.165, 1.54) is 22.3 Å². The molecule has 0 nitrogen and oxygen atoms in total. The van der Waals surface area contributed by atoms with Gasteiger partial charge < -0.3 is 0 Å². The average molecular weight is 393 g/mol. The molecule has 0 heterocycles. The fourth-order valence-electron chi connectivity index (χ4n) is 5.47. The monoisotopic (exact) mass is 392 g/mol. The molecule has 0 aliphatic heterocycles. The number of hydrogen-bond acceptors (Lipinski definition) is 0. The second-order valence-corrected chi connectivity index (χ2v) is 9.75. The van der Waals surface area contributed by atoms with E-state index in [1.54, 1.807) is 0 Å². The van der Waals surface area contributed by atoms with Crippen LogP contribution in [0.5, 0.6) is 0 Å². The summed E-state index contributed by atoms with van der Waals surface area (Å²) >= 11 is 0. The van der Waals surface area contributed by atoms with Gasteiger partial charge in [-0.2, -0.15) is 0 Å². The van der Waals surface area contributed by atoms with Crippen LogP contribution in [0.2, 0.25) is 0 Å². The molecule has 1 aromatic carbocycles. The molecule has 0 amide bonds. The van der Waals surface area contributed by atoms with Crippen LogP contribution in [0.25, 0.3) is 6.08 Å². The van der Waals surface area contributed by atoms with E-state index in [0.29, 0.717) is 11.8 Å². The highest BCUT2D eigenvalue weighted by molar-refractivity contribution is 5.64. The third-order valence-electron chi connectivity index (χ3n) is 7.44. The summed E-state index contributed by atoms with van der Waals surface area (Å²) in [6.07, 6.45) is 13.5. The van der Waals surface area contributed by atoms with Crippen LogP contribution in [0.4, 0.5) is 4.39 Å². The summed E-state index contributed by atoms with van der Waals surface area (Å²) in [6.45, 7) is 15.6. The van der Waals surface area contributed by atoms with Crippen LogP contribution < -0.4 is 0 Å². The smallest absolute Gasteiger partial charge is 0.123 e. The molecular weight excluding hydrogens is 355 g/mol. The van der Waals surface area contributed by atoms with Crippen molar-refractivity contribution in [3.8, 4) is 0 Å². The summed E-state index contributed by atoms with van der Waals surface area (Å²) in [4.78, 5) is 0. The Morgan fingerprint density at radius 3 is 2.62 bits per heavy atom. The van der Waals surface area contributed by atoms with Gasteiger partial charge in [0.15, 0.2) is 0 Å². The summed E-state index contributed by atoms with van der Waals surface area (Å²) in [5.41, 5.74) is 5.86. The lowest BCUT2D eigenvalue weighted by Crippen LogP contribution is -2.39. The predicted octanol–water partition coefficient (Wildman–Crippen LogP) is 8.35. The molecule has 2 atom stereocenters. The minimum atomic E-state index is -0.327. The number of allylic oxidation sites excluding steroid dienone is 7. The van der Waals surface area contributed by atoms with E-state index in [0.717, 1.165) is 24.8 Å². The molecular formula is C28H37F. The molecule has 0 N–H and O–H groups in total. The average Bonchev–Trinajstić information content (AvgIpc) is 2.66. The highest BCUT2D eigenvalue weighted by Crippen LogP contribution is 2.55. The van der Waals surface area contributed by atoms with Crippen LogP contribution in [0, 0.1) is 17.3 Å². The molecule has 3 rings (SSSR count). The van der Waals surface area contributed by atoms with E-state index in [4.69, 9.17) is 0 Å². The van der Waals surface area contributed by atoms with Crippen molar-refractivity contribution in [1.29, 1.82) is 0 Å². The number of halogens is 1. The van der Waals surface area contributed by atoms with Crippen molar-refractivity contribution in [3.63, 3.8) is 0 Å². The first kappa shape index (κ1) is 21.8. The second kappa shape index (κ2) is 8.09. The van der Waals surface area contributed by atoms with E-state index < -0.39 is 0 Å². The van der Waals surface area contributed by atoms with Crippen LogP contribution in [0.15, 0.2) is 59.5 Å². The Morgan fingerprint density at radius 2 is 2.00 bits per heavy atom. The first-order valence-corrected chi connectivity index (χ1v) is 11.2. The lowest BCUT2D eigenvalue weighted by Gasteiger charge is -2.47. The highest BCUT2D eigenvalue weighted by Gasteiger charge is 2.46. The van der Waals surface area contributed by atoms with Crippen LogP contribution in [-0.4, -0.2) is 0 Å². The fraction of sp³-hybridized carbons (Fsp3) is 0.500. The number of rotatable bonds is 5. The molecule has 2 aliphatic carbocycles. The normalized spacial score (nSPS) is 23.3. The third kappa shape index (κ3) is 3.58. The summed E-state index contributed by atoms with van der Waals surface area (Å²) in [7, 11) is 0. The third-order valence-corrected chi connectivity index (χ3v) is 7.44. The summed E-state index contributed by atoms with van der Waals surface area (Å²) in [5.74, 6) is 0.800. The van der Waals surface area contributed by atoms with Gasteiger partial charge in [0.1, 0.15) is 5.83 Å². The molecule has 2 aliphatic rings. The lowest BCUT2D eigenvalue weighted by molar-refractivity contribution is 0.196. The minimum absolute atomic E-state index is 0.00564. The van der Waals surface area contributed by atoms with Crippen LogP contribution in [-0.2, 0) is 11.8 Å². The van der Waals surface area contributed by atoms with Gasteiger partial charge in [-0.05, 0) is 71.8 Å². The van der Waals surface area contributed by atoms with Gasteiger partial charge in [-0.1, -0.05) is 89.6 Å². The van der Waals surface area contributed by atoms with Crippen molar-refractivity contribution in [2.75, 3.05) is 0 Å². The fourth-order valence-corrected chi connectivity index (χ4v) is 5.47. The van der Waals surface area contributed by atoms with Crippen molar-refractivity contribution >= 4 is 6.08 Å².